The molecular formula is C12H12F3N3O2. The Balaban J connectivity index is 1.89. The summed E-state index contributed by atoms with van der Waals surface area (Å²) < 4.78 is 47.2. The number of nitrogen functional groups attached to an aromatic ring is 1. The van der Waals surface area contributed by atoms with Crippen LogP contribution in [0.15, 0.2) is 18.2 Å². The van der Waals surface area contributed by atoms with Gasteiger partial charge in [-0.3, -0.25) is 5.32 Å². The van der Waals surface area contributed by atoms with Crippen molar-refractivity contribution < 1.29 is 22.6 Å². The highest BCUT2D eigenvalue weighted by Gasteiger charge is 2.45. The number of ether oxygens (including phenoxy) is 2. The van der Waals surface area contributed by atoms with E-state index in [9.17, 15) is 13.2 Å². The number of anilines is 1. The van der Waals surface area contributed by atoms with Crippen LogP contribution in [0.25, 0.3) is 0 Å². The topological polar surface area (TPSA) is 80.3 Å². The lowest BCUT2D eigenvalue weighted by molar-refractivity contribution is -0.221. The zero-order valence-electron chi connectivity index (χ0n) is 10.3. The Morgan fingerprint density at radius 2 is 2.25 bits per heavy atom. The van der Waals surface area contributed by atoms with Crippen molar-refractivity contribution in [3.63, 3.8) is 0 Å². The van der Waals surface area contributed by atoms with Crippen LogP contribution in [-0.2, 0) is 4.74 Å². The van der Waals surface area contributed by atoms with E-state index in [0.29, 0.717) is 11.3 Å². The molecule has 0 amide bonds. The van der Waals surface area contributed by atoms with Gasteiger partial charge in [-0.2, -0.15) is 18.4 Å². The quantitative estimate of drug-likeness (QED) is 0.821. The minimum atomic E-state index is -4.44. The van der Waals surface area contributed by atoms with Crippen LogP contribution in [0.4, 0.5) is 18.9 Å². The van der Waals surface area contributed by atoms with E-state index < -0.39 is 18.5 Å². The molecule has 2 unspecified atom stereocenters. The maximum absolute atomic E-state index is 12.4. The van der Waals surface area contributed by atoms with Gasteiger partial charge < -0.3 is 15.2 Å². The summed E-state index contributed by atoms with van der Waals surface area (Å²) in [7, 11) is 0. The second kappa shape index (κ2) is 5.56. The highest BCUT2D eigenvalue weighted by atomic mass is 19.4. The summed E-state index contributed by atoms with van der Waals surface area (Å²) >= 11 is 0. The fourth-order valence-electron chi connectivity index (χ4n) is 1.75. The van der Waals surface area contributed by atoms with E-state index in [1.807, 2.05) is 6.07 Å². The highest BCUT2D eigenvalue weighted by Crippen LogP contribution is 2.26. The molecule has 3 N–H and O–H groups in total. The summed E-state index contributed by atoms with van der Waals surface area (Å²) in [6.45, 7) is -0.0178. The molecule has 0 bridgehead atoms. The Bertz CT molecular complexity index is 528. The van der Waals surface area contributed by atoms with Gasteiger partial charge in [0.25, 0.3) is 0 Å². The van der Waals surface area contributed by atoms with Crippen LogP contribution in [0.1, 0.15) is 5.56 Å². The SMILES string of the molecule is N#Cc1ccc(OCC2CNC(C(F)(F)F)O2)c(N)c1. The van der Waals surface area contributed by atoms with E-state index in [4.69, 9.17) is 20.5 Å². The van der Waals surface area contributed by atoms with Crippen LogP contribution in [-0.4, -0.2) is 31.7 Å². The van der Waals surface area contributed by atoms with Crippen molar-refractivity contribution in [3.8, 4) is 11.8 Å². The standard InChI is InChI=1S/C12H12F3N3O2/c13-12(14,15)11-18-5-8(20-11)6-19-10-2-1-7(4-16)3-9(10)17/h1-3,8,11,18H,5-6,17H2. The monoisotopic (exact) mass is 287 g/mol. The Morgan fingerprint density at radius 1 is 1.50 bits per heavy atom. The van der Waals surface area contributed by atoms with E-state index in [1.54, 1.807) is 0 Å². The molecule has 5 nitrogen and oxygen atoms in total. The number of hydrogen-bond acceptors (Lipinski definition) is 5. The molecule has 0 radical (unpaired) electrons. The largest absolute Gasteiger partial charge is 0.489 e. The molecule has 1 saturated heterocycles. The number of rotatable bonds is 3. The first-order valence-corrected chi connectivity index (χ1v) is 5.78. The molecule has 0 aliphatic carbocycles. The van der Waals surface area contributed by atoms with Gasteiger partial charge in [0.15, 0.2) is 0 Å². The van der Waals surface area contributed by atoms with Crippen molar-refractivity contribution in [2.75, 3.05) is 18.9 Å². The first-order chi connectivity index (χ1) is 9.40. The van der Waals surface area contributed by atoms with Gasteiger partial charge in [-0.05, 0) is 18.2 Å². The summed E-state index contributed by atoms with van der Waals surface area (Å²) in [6.07, 6.45) is -7.12. The summed E-state index contributed by atoms with van der Waals surface area (Å²) in [5.74, 6) is 0.308. The normalized spacial score (nSPS) is 22.5. The predicted molar refractivity (Wildman–Crippen MR) is 63.8 cm³/mol. The molecule has 1 heterocycles. The van der Waals surface area contributed by atoms with Gasteiger partial charge in [-0.15, -0.1) is 0 Å². The lowest BCUT2D eigenvalue weighted by atomic mass is 10.2. The Kier molecular flexibility index (Phi) is 4.01. The van der Waals surface area contributed by atoms with Crippen molar-refractivity contribution in [2.24, 2.45) is 0 Å². The molecule has 8 heteroatoms. The lowest BCUT2D eigenvalue weighted by Crippen LogP contribution is -2.38. The predicted octanol–water partition coefficient (Wildman–Crippen LogP) is 1.40. The van der Waals surface area contributed by atoms with Crippen LogP contribution in [0.3, 0.4) is 0 Å². The van der Waals surface area contributed by atoms with Gasteiger partial charge in [0, 0.05) is 6.54 Å². The zero-order chi connectivity index (χ0) is 14.8. The van der Waals surface area contributed by atoms with Crippen LogP contribution in [0.5, 0.6) is 5.75 Å². The van der Waals surface area contributed by atoms with Gasteiger partial charge in [-0.25, -0.2) is 0 Å². The third-order valence-electron chi connectivity index (χ3n) is 2.72. The second-order valence-corrected chi connectivity index (χ2v) is 4.26. The number of alkyl halides is 3. The van der Waals surface area contributed by atoms with Crippen LogP contribution in [0.2, 0.25) is 0 Å². The second-order valence-electron chi connectivity index (χ2n) is 4.26. The fourth-order valence-corrected chi connectivity index (χ4v) is 1.75. The van der Waals surface area contributed by atoms with E-state index in [2.05, 4.69) is 5.32 Å². The Hall–Kier alpha value is -1.98. The van der Waals surface area contributed by atoms with E-state index in [1.165, 1.54) is 18.2 Å². The van der Waals surface area contributed by atoms with Gasteiger partial charge in [-0.1, -0.05) is 0 Å². The third-order valence-corrected chi connectivity index (χ3v) is 2.72. The lowest BCUT2D eigenvalue weighted by Gasteiger charge is -2.16. The molecule has 2 rings (SSSR count). The Morgan fingerprint density at radius 3 is 2.80 bits per heavy atom. The summed E-state index contributed by atoms with van der Waals surface area (Å²) in [6, 6.07) is 6.36. The van der Waals surface area contributed by atoms with E-state index >= 15 is 0 Å². The number of halogens is 3. The molecule has 1 fully saturated rings. The number of nitrogens with zero attached hydrogens (tertiary/aromatic N) is 1. The van der Waals surface area contributed by atoms with Crippen molar-refractivity contribution in [2.45, 2.75) is 18.5 Å². The number of nitriles is 1. The van der Waals surface area contributed by atoms with Crippen molar-refractivity contribution in [1.29, 1.82) is 5.26 Å². The van der Waals surface area contributed by atoms with Crippen LogP contribution >= 0.6 is 0 Å². The molecule has 1 aromatic carbocycles. The molecule has 108 valence electrons. The first-order valence-electron chi connectivity index (χ1n) is 5.78. The van der Waals surface area contributed by atoms with Crippen LogP contribution < -0.4 is 15.8 Å². The minimum absolute atomic E-state index is 0.0420. The molecule has 1 aromatic rings. The molecule has 20 heavy (non-hydrogen) atoms. The number of nitrogens with one attached hydrogen (secondary N) is 1. The molecule has 1 aliphatic heterocycles. The third kappa shape index (κ3) is 3.31. The van der Waals surface area contributed by atoms with E-state index in [0.717, 1.165) is 0 Å². The fraction of sp³-hybridized carbons (Fsp3) is 0.417. The molecule has 0 aromatic heterocycles. The number of nitrogens with two attached hydrogens (primary N) is 1. The molecule has 0 saturated carbocycles. The highest BCUT2D eigenvalue weighted by molar-refractivity contribution is 5.56. The molecule has 1 aliphatic rings. The average molecular weight is 287 g/mol. The molecule has 0 spiro atoms. The first kappa shape index (κ1) is 14.4. The molecule has 2 atom stereocenters. The summed E-state index contributed by atoms with van der Waals surface area (Å²) in [5, 5.41) is 10.9. The number of hydrogen-bond donors (Lipinski definition) is 2. The maximum atomic E-state index is 12.4. The maximum Gasteiger partial charge on any atom is 0.428 e. The van der Waals surface area contributed by atoms with E-state index in [-0.39, 0.29) is 18.8 Å². The Labute approximate surface area is 113 Å². The average Bonchev–Trinajstić information content (AvgIpc) is 2.86. The van der Waals surface area contributed by atoms with Gasteiger partial charge in [0.05, 0.1) is 17.3 Å². The zero-order valence-corrected chi connectivity index (χ0v) is 10.3. The van der Waals surface area contributed by atoms with Crippen molar-refractivity contribution in [1.82, 2.24) is 5.32 Å². The van der Waals surface area contributed by atoms with Crippen LogP contribution in [0, 0.1) is 11.3 Å². The van der Waals surface area contributed by atoms with Crippen molar-refractivity contribution >= 4 is 5.69 Å². The van der Waals surface area contributed by atoms with Gasteiger partial charge >= 0.3 is 6.18 Å². The summed E-state index contributed by atoms with van der Waals surface area (Å²) in [5.41, 5.74) is 6.30. The van der Waals surface area contributed by atoms with Crippen molar-refractivity contribution in [3.05, 3.63) is 23.8 Å². The van der Waals surface area contributed by atoms with Gasteiger partial charge in [0.2, 0.25) is 6.23 Å². The number of benzene rings is 1. The van der Waals surface area contributed by atoms with Gasteiger partial charge in [0.1, 0.15) is 18.5 Å². The smallest absolute Gasteiger partial charge is 0.428 e. The minimum Gasteiger partial charge on any atom is -0.489 e. The summed E-state index contributed by atoms with van der Waals surface area (Å²) in [4.78, 5) is 0. The molecular weight excluding hydrogens is 275 g/mol.